The van der Waals surface area contributed by atoms with Gasteiger partial charge in [-0.25, -0.2) is 0 Å². The molecule has 0 bridgehead atoms. The van der Waals surface area contributed by atoms with E-state index in [0.29, 0.717) is 6.61 Å². The summed E-state index contributed by atoms with van der Waals surface area (Å²) in [4.78, 5) is 0. The summed E-state index contributed by atoms with van der Waals surface area (Å²) in [7, 11) is 0. The molecule has 0 aromatic carbocycles. The number of hydrogen-bond acceptors (Lipinski definition) is 11. The van der Waals surface area contributed by atoms with E-state index in [1.807, 2.05) is 0 Å². The second-order valence-corrected chi connectivity index (χ2v) is 9.56. The first kappa shape index (κ1) is 30.8. The van der Waals surface area contributed by atoms with Gasteiger partial charge in [-0.3, -0.25) is 0 Å². The van der Waals surface area contributed by atoms with Crippen molar-refractivity contribution in [2.24, 2.45) is 0 Å². The lowest BCUT2D eigenvalue weighted by Gasteiger charge is -2.45. The first-order chi connectivity index (χ1) is 16.8. The molecule has 0 amide bonds. The van der Waals surface area contributed by atoms with Gasteiger partial charge in [0.15, 0.2) is 12.6 Å². The quantitative estimate of drug-likeness (QED) is 0.134. The molecule has 0 radical (unpaired) electrons. The molecule has 2 aliphatic rings. The molecular weight excluding hydrogens is 464 g/mol. The Balaban J connectivity index is 1.74. The van der Waals surface area contributed by atoms with Gasteiger partial charge in [0.1, 0.15) is 48.8 Å². The minimum absolute atomic E-state index is 0.321. The largest absolute Gasteiger partial charge is 0.394 e. The van der Waals surface area contributed by atoms with Crippen molar-refractivity contribution in [1.29, 1.82) is 0 Å². The van der Waals surface area contributed by atoms with E-state index in [-0.39, 0.29) is 0 Å². The third kappa shape index (κ3) is 9.11. The van der Waals surface area contributed by atoms with Crippen molar-refractivity contribution < 1.29 is 54.7 Å². The second-order valence-electron chi connectivity index (χ2n) is 9.56. The van der Waals surface area contributed by atoms with Gasteiger partial charge < -0.3 is 54.7 Å². The van der Waals surface area contributed by atoms with Gasteiger partial charge in [-0.2, -0.15) is 0 Å². The van der Waals surface area contributed by atoms with Gasteiger partial charge in [0.05, 0.1) is 13.2 Å². The van der Waals surface area contributed by atoms with Crippen LogP contribution in [0.3, 0.4) is 0 Å². The van der Waals surface area contributed by atoms with Crippen molar-refractivity contribution in [3.63, 3.8) is 0 Å². The van der Waals surface area contributed by atoms with Crippen LogP contribution in [0.25, 0.3) is 0 Å². The van der Waals surface area contributed by atoms with Gasteiger partial charge in [0, 0.05) is 6.61 Å². The van der Waals surface area contributed by atoms with Crippen LogP contribution in [0.2, 0.25) is 0 Å². The summed E-state index contributed by atoms with van der Waals surface area (Å²) in [5.74, 6) is 0. The fraction of sp³-hybridized carbons (Fsp3) is 1.00. The molecule has 208 valence electrons. The molecule has 0 aromatic rings. The lowest BCUT2D eigenvalue weighted by Crippen LogP contribution is -2.64. The SMILES string of the molecule is CCCCCCCCCCCCO[C@@H]1OC(CO)[C@@H](O[C@@H]2OC(CO)[C@H](O)[C@H](O)C2O)[C@H](O)C1O. The fourth-order valence-corrected chi connectivity index (χ4v) is 4.48. The predicted octanol–water partition coefficient (Wildman–Crippen LogP) is -0.452. The van der Waals surface area contributed by atoms with Gasteiger partial charge in [-0.05, 0) is 6.42 Å². The summed E-state index contributed by atoms with van der Waals surface area (Å²) < 4.78 is 22.0. The molecule has 11 heteroatoms. The predicted molar refractivity (Wildman–Crippen MR) is 124 cm³/mol. The molecule has 2 heterocycles. The maximum absolute atomic E-state index is 10.6. The van der Waals surface area contributed by atoms with E-state index in [1.165, 1.54) is 44.9 Å². The average Bonchev–Trinajstić information content (AvgIpc) is 2.86. The van der Waals surface area contributed by atoms with Crippen LogP contribution in [-0.4, -0.2) is 117 Å². The number of rotatable bonds is 16. The van der Waals surface area contributed by atoms with E-state index in [0.717, 1.165) is 19.3 Å². The molecule has 0 aromatic heterocycles. The Hall–Kier alpha value is -0.440. The molecule has 0 saturated carbocycles. The molecule has 2 fully saturated rings. The summed E-state index contributed by atoms with van der Waals surface area (Å²) in [5, 5.41) is 70.1. The minimum Gasteiger partial charge on any atom is -0.394 e. The number of aliphatic hydroxyl groups is 7. The Kier molecular flexibility index (Phi) is 14.4. The highest BCUT2D eigenvalue weighted by Crippen LogP contribution is 2.29. The van der Waals surface area contributed by atoms with Crippen molar-refractivity contribution in [2.75, 3.05) is 19.8 Å². The molecule has 2 saturated heterocycles. The first-order valence-electron chi connectivity index (χ1n) is 13.1. The molecule has 0 aliphatic carbocycles. The van der Waals surface area contributed by atoms with Gasteiger partial charge >= 0.3 is 0 Å². The van der Waals surface area contributed by atoms with Gasteiger partial charge in [0.25, 0.3) is 0 Å². The highest BCUT2D eigenvalue weighted by atomic mass is 16.7. The number of unbranched alkanes of at least 4 members (excludes halogenated alkanes) is 9. The molecule has 11 nitrogen and oxygen atoms in total. The smallest absolute Gasteiger partial charge is 0.187 e. The Bertz CT molecular complexity index is 550. The fourth-order valence-electron chi connectivity index (χ4n) is 4.48. The van der Waals surface area contributed by atoms with Gasteiger partial charge in [-0.1, -0.05) is 64.7 Å². The van der Waals surface area contributed by atoms with Crippen LogP contribution < -0.4 is 0 Å². The van der Waals surface area contributed by atoms with Crippen molar-refractivity contribution in [3.8, 4) is 0 Å². The number of hydrogen-bond donors (Lipinski definition) is 7. The lowest BCUT2D eigenvalue weighted by atomic mass is 9.97. The minimum atomic E-state index is -1.69. The zero-order chi connectivity index (χ0) is 25.8. The summed E-state index contributed by atoms with van der Waals surface area (Å²) in [6.07, 6.45) is -2.63. The average molecular weight is 511 g/mol. The molecule has 2 aliphatic heterocycles. The molecule has 10 atom stereocenters. The van der Waals surface area contributed by atoms with E-state index in [2.05, 4.69) is 6.92 Å². The van der Waals surface area contributed by atoms with Crippen LogP contribution >= 0.6 is 0 Å². The highest BCUT2D eigenvalue weighted by molar-refractivity contribution is 4.94. The Morgan fingerprint density at radius 2 is 1.09 bits per heavy atom. The van der Waals surface area contributed by atoms with Crippen LogP contribution in [0.15, 0.2) is 0 Å². The summed E-state index contributed by atoms with van der Waals surface area (Å²) in [6.45, 7) is 1.31. The van der Waals surface area contributed by atoms with E-state index in [9.17, 15) is 35.7 Å². The zero-order valence-corrected chi connectivity index (χ0v) is 20.7. The van der Waals surface area contributed by atoms with Crippen molar-refractivity contribution >= 4 is 0 Å². The maximum Gasteiger partial charge on any atom is 0.187 e. The third-order valence-electron chi connectivity index (χ3n) is 6.74. The Morgan fingerprint density at radius 3 is 1.66 bits per heavy atom. The first-order valence-corrected chi connectivity index (χ1v) is 13.1. The molecule has 2 rings (SSSR count). The van der Waals surface area contributed by atoms with Crippen LogP contribution in [0.5, 0.6) is 0 Å². The molecule has 35 heavy (non-hydrogen) atoms. The van der Waals surface area contributed by atoms with Crippen LogP contribution in [0.1, 0.15) is 71.1 Å². The van der Waals surface area contributed by atoms with E-state index < -0.39 is 74.6 Å². The Morgan fingerprint density at radius 1 is 0.571 bits per heavy atom. The summed E-state index contributed by atoms with van der Waals surface area (Å²) in [6, 6.07) is 0. The van der Waals surface area contributed by atoms with E-state index in [1.54, 1.807) is 0 Å². The highest BCUT2D eigenvalue weighted by Gasteiger charge is 2.50. The lowest BCUT2D eigenvalue weighted by molar-refractivity contribution is -0.359. The van der Waals surface area contributed by atoms with Crippen LogP contribution in [0, 0.1) is 0 Å². The number of ether oxygens (including phenoxy) is 4. The van der Waals surface area contributed by atoms with Crippen molar-refractivity contribution in [1.82, 2.24) is 0 Å². The van der Waals surface area contributed by atoms with Crippen LogP contribution in [-0.2, 0) is 18.9 Å². The Labute approximate surface area is 207 Å². The summed E-state index contributed by atoms with van der Waals surface area (Å²) in [5.41, 5.74) is 0. The molecule has 0 spiro atoms. The van der Waals surface area contributed by atoms with Crippen molar-refractivity contribution in [2.45, 2.75) is 133 Å². The molecule has 7 N–H and O–H groups in total. The second kappa shape index (κ2) is 16.4. The van der Waals surface area contributed by atoms with E-state index >= 15 is 0 Å². The standard InChI is InChI=1S/C24H46O11/c1-2-3-4-5-6-7-8-9-10-11-12-32-23-21(31)19(29)22(16(14-26)34-23)35-24-20(30)18(28)17(27)15(13-25)33-24/h15-31H,2-14H2,1H3/t15?,16?,17-,18-,19+,20?,21?,22+,23+,24-/m0/s1. The van der Waals surface area contributed by atoms with Crippen molar-refractivity contribution in [3.05, 3.63) is 0 Å². The normalized spacial score (nSPS) is 38.1. The third-order valence-corrected chi connectivity index (χ3v) is 6.74. The maximum atomic E-state index is 10.6. The van der Waals surface area contributed by atoms with Crippen LogP contribution in [0.4, 0.5) is 0 Å². The van der Waals surface area contributed by atoms with Gasteiger partial charge in [-0.15, -0.1) is 0 Å². The molecule has 4 unspecified atom stereocenters. The van der Waals surface area contributed by atoms with E-state index in [4.69, 9.17) is 18.9 Å². The van der Waals surface area contributed by atoms with Gasteiger partial charge in [0.2, 0.25) is 0 Å². The monoisotopic (exact) mass is 510 g/mol. The summed E-state index contributed by atoms with van der Waals surface area (Å²) >= 11 is 0. The molecular formula is C24H46O11. The topological polar surface area (TPSA) is 179 Å². The number of aliphatic hydroxyl groups excluding tert-OH is 7. The zero-order valence-electron chi connectivity index (χ0n) is 20.7.